The Morgan fingerprint density at radius 3 is 1.43 bits per heavy atom. The van der Waals surface area contributed by atoms with E-state index in [2.05, 4.69) is 0 Å². The van der Waals surface area contributed by atoms with Crippen molar-refractivity contribution < 1.29 is 54.8 Å². The Kier molecular flexibility index (Phi) is 11.9. The molecule has 1 fully saturated rings. The Bertz CT molecular complexity index is 2660. The quantitative estimate of drug-likeness (QED) is 0.0721. The van der Waals surface area contributed by atoms with Gasteiger partial charge in [-0.1, -0.05) is 60.7 Å². The molecule has 4 N–H and O–H groups in total. The number of halogens is 6. The maximum atomic E-state index is 14.3. The SMILES string of the molecule is NCC(O)(c1cn(Cc2ccccc2)c2cc([N+](=O)[O-])ccc12)C(F)(F)F.O=[N+]([O-])c1ccc2c(C(O)(CN3CCCS3(=O)=O)C(F)(F)F)cn(Cc3ccccc3)c2c1. The lowest BCUT2D eigenvalue weighted by Gasteiger charge is -2.33. The summed E-state index contributed by atoms with van der Waals surface area (Å²) in [6.45, 7) is -2.13. The number of benzene rings is 4. The first-order valence-corrected chi connectivity index (χ1v) is 19.6. The van der Waals surface area contributed by atoms with Gasteiger partial charge in [-0.05, 0) is 29.7 Å². The summed E-state index contributed by atoms with van der Waals surface area (Å²) >= 11 is 0. The molecule has 2 unspecified atom stereocenters. The van der Waals surface area contributed by atoms with Gasteiger partial charge in [0.15, 0.2) is 5.60 Å². The Hall–Kier alpha value is -5.87. The molecule has 1 saturated heterocycles. The molecule has 0 aliphatic carbocycles. The van der Waals surface area contributed by atoms with Crippen LogP contribution in [0.15, 0.2) is 109 Å². The molecule has 1 aliphatic heterocycles. The molecule has 21 heteroatoms. The van der Waals surface area contributed by atoms with Crippen molar-refractivity contribution in [2.45, 2.75) is 43.1 Å². The summed E-state index contributed by atoms with van der Waals surface area (Å²) in [4.78, 5) is 21.1. The van der Waals surface area contributed by atoms with Crippen LogP contribution in [0.4, 0.5) is 37.7 Å². The number of rotatable bonds is 11. The van der Waals surface area contributed by atoms with Gasteiger partial charge in [-0.15, -0.1) is 0 Å². The highest BCUT2D eigenvalue weighted by atomic mass is 32.2. The fourth-order valence-corrected chi connectivity index (χ4v) is 8.64. The Balaban J connectivity index is 0.000000205. The van der Waals surface area contributed by atoms with Crippen LogP contribution in [0.25, 0.3) is 21.8 Å². The van der Waals surface area contributed by atoms with Crippen molar-refractivity contribution >= 4 is 43.2 Å². The third-order valence-corrected chi connectivity index (χ3v) is 12.2. The number of sulfonamides is 1. The van der Waals surface area contributed by atoms with Crippen molar-refractivity contribution in [3.63, 3.8) is 0 Å². The molecule has 318 valence electrons. The molecule has 0 bridgehead atoms. The summed E-state index contributed by atoms with van der Waals surface area (Å²) in [5.41, 5.74) is -1.23. The molecule has 1 aliphatic rings. The van der Waals surface area contributed by atoms with Crippen molar-refractivity contribution in [3.05, 3.63) is 152 Å². The number of aromatic nitrogens is 2. The average Bonchev–Trinajstić information content (AvgIpc) is 3.86. The fraction of sp³-hybridized carbons (Fsp3) is 0.282. The van der Waals surface area contributed by atoms with Gasteiger partial charge in [0.1, 0.15) is 0 Å². The Morgan fingerprint density at radius 2 is 1.08 bits per heavy atom. The van der Waals surface area contributed by atoms with Crippen LogP contribution in [-0.2, 0) is 34.3 Å². The summed E-state index contributed by atoms with van der Waals surface area (Å²) in [5, 5.41) is 43.6. The molecular formula is C39H36F6N6O8S. The number of hydrogen-bond donors (Lipinski definition) is 3. The van der Waals surface area contributed by atoms with E-state index in [9.17, 15) is 65.2 Å². The van der Waals surface area contributed by atoms with Gasteiger partial charge in [-0.2, -0.15) is 30.6 Å². The van der Waals surface area contributed by atoms with E-state index in [1.807, 2.05) is 0 Å². The van der Waals surface area contributed by atoms with E-state index in [0.29, 0.717) is 4.31 Å². The van der Waals surface area contributed by atoms with Gasteiger partial charge in [-0.3, -0.25) is 20.2 Å². The number of aliphatic hydroxyl groups is 2. The van der Waals surface area contributed by atoms with Crippen LogP contribution in [0.5, 0.6) is 0 Å². The number of nitro benzene ring substituents is 2. The monoisotopic (exact) mass is 862 g/mol. The second-order valence-electron chi connectivity index (χ2n) is 14.2. The summed E-state index contributed by atoms with van der Waals surface area (Å²) in [6, 6.07) is 24.5. The van der Waals surface area contributed by atoms with Gasteiger partial charge < -0.3 is 25.1 Å². The molecule has 0 radical (unpaired) electrons. The number of alkyl halides is 6. The predicted octanol–water partition coefficient (Wildman–Crippen LogP) is 6.69. The topological polar surface area (TPSA) is 200 Å². The number of nitrogens with two attached hydrogens (primary N) is 1. The standard InChI is InChI=1S/C21H20F3N3O5S.C18H16F3N3O3/c22-21(23,24)20(28,14-26-9-4-10-33(26,31)32)18-13-25(12-15-5-2-1-3-6-15)19-11-16(27(29)30)7-8-17(18)19;19-18(20,21)17(25,11-22)15-10-23(9-12-4-2-1-3-5-12)16-8-13(24(26)27)6-7-14(15)16/h1-3,5-8,11,13,28H,4,9-10,12,14H2;1-8,10,25H,9,11,22H2. The minimum absolute atomic E-state index is 0.0482. The second-order valence-corrected chi connectivity index (χ2v) is 16.2. The molecule has 4 aromatic carbocycles. The number of β-amino-alcohol motifs (C(OH)–C–C–N with tert-alkyl or cyclic N) is 1. The van der Waals surface area contributed by atoms with Gasteiger partial charge in [0.2, 0.25) is 15.6 Å². The Labute approximate surface area is 337 Å². The Morgan fingerprint density at radius 1 is 0.667 bits per heavy atom. The maximum Gasteiger partial charge on any atom is 0.422 e. The summed E-state index contributed by atoms with van der Waals surface area (Å²) in [6.07, 6.45) is -7.80. The third-order valence-electron chi connectivity index (χ3n) is 10.3. The fourth-order valence-electron chi connectivity index (χ4n) is 7.10. The highest BCUT2D eigenvalue weighted by Crippen LogP contribution is 2.45. The molecule has 60 heavy (non-hydrogen) atoms. The first kappa shape index (κ1) is 43.7. The van der Waals surface area contributed by atoms with Gasteiger partial charge in [0.05, 0.1) is 33.2 Å². The second kappa shape index (κ2) is 16.3. The predicted molar refractivity (Wildman–Crippen MR) is 207 cm³/mol. The average molecular weight is 863 g/mol. The molecule has 7 rings (SSSR count). The zero-order valence-corrected chi connectivity index (χ0v) is 32.0. The molecular weight excluding hydrogens is 827 g/mol. The number of nitro groups is 2. The van der Waals surface area contributed by atoms with Crippen LogP contribution < -0.4 is 5.73 Å². The van der Waals surface area contributed by atoms with E-state index in [0.717, 1.165) is 47.8 Å². The molecule has 0 amide bonds. The number of fused-ring (bicyclic) bond motifs is 2. The van der Waals surface area contributed by atoms with Crippen LogP contribution in [0.3, 0.4) is 0 Å². The number of non-ortho nitro benzene ring substituents is 2. The van der Waals surface area contributed by atoms with E-state index >= 15 is 0 Å². The molecule has 3 heterocycles. The minimum Gasteiger partial charge on any atom is -0.375 e. The van der Waals surface area contributed by atoms with Crippen LogP contribution in [0.2, 0.25) is 0 Å². The van der Waals surface area contributed by atoms with Crippen molar-refractivity contribution in [3.8, 4) is 0 Å². The van der Waals surface area contributed by atoms with Gasteiger partial charge in [-0.25, -0.2) is 8.42 Å². The molecule has 2 aromatic heterocycles. The lowest BCUT2D eigenvalue weighted by molar-refractivity contribution is -0.384. The summed E-state index contributed by atoms with van der Waals surface area (Å²) in [7, 11) is -3.92. The number of hydrogen-bond acceptors (Lipinski definition) is 9. The van der Waals surface area contributed by atoms with Crippen LogP contribution >= 0.6 is 0 Å². The zero-order valence-electron chi connectivity index (χ0n) is 31.2. The molecule has 2 atom stereocenters. The van der Waals surface area contributed by atoms with E-state index in [4.69, 9.17) is 5.73 Å². The smallest absolute Gasteiger partial charge is 0.375 e. The van der Waals surface area contributed by atoms with E-state index < -0.39 is 67.6 Å². The molecule has 0 saturated carbocycles. The molecule has 6 aromatic rings. The minimum atomic E-state index is -5.21. The van der Waals surface area contributed by atoms with Crippen molar-refractivity contribution in [1.82, 2.24) is 13.4 Å². The summed E-state index contributed by atoms with van der Waals surface area (Å²) in [5.74, 6) is -0.289. The normalized spacial score (nSPS) is 16.6. The van der Waals surface area contributed by atoms with Crippen molar-refractivity contribution in [2.24, 2.45) is 5.73 Å². The zero-order chi connectivity index (χ0) is 43.8. The van der Waals surface area contributed by atoms with Gasteiger partial charge >= 0.3 is 12.4 Å². The first-order valence-electron chi connectivity index (χ1n) is 18.0. The maximum absolute atomic E-state index is 14.3. The molecule has 14 nitrogen and oxygen atoms in total. The lowest BCUT2D eigenvalue weighted by atomic mass is 9.92. The summed E-state index contributed by atoms with van der Waals surface area (Å²) < 4.78 is 111. The lowest BCUT2D eigenvalue weighted by Crippen LogP contribution is -2.51. The van der Waals surface area contributed by atoms with Gasteiger partial charge in [0.25, 0.3) is 11.4 Å². The van der Waals surface area contributed by atoms with Crippen molar-refractivity contribution in [1.29, 1.82) is 0 Å². The van der Waals surface area contributed by atoms with Crippen LogP contribution in [0.1, 0.15) is 28.7 Å². The highest BCUT2D eigenvalue weighted by Gasteiger charge is 2.58. The number of nitrogens with zero attached hydrogens (tertiary/aromatic N) is 5. The van der Waals surface area contributed by atoms with E-state index in [-0.39, 0.29) is 65.0 Å². The van der Waals surface area contributed by atoms with Crippen molar-refractivity contribution in [2.75, 3.05) is 25.4 Å². The van der Waals surface area contributed by atoms with Crippen LogP contribution in [-0.4, -0.2) is 79.7 Å². The van der Waals surface area contributed by atoms with E-state index in [1.54, 1.807) is 60.7 Å². The third kappa shape index (κ3) is 8.43. The van der Waals surface area contributed by atoms with Gasteiger partial charge in [0, 0.05) is 84.7 Å². The van der Waals surface area contributed by atoms with E-state index in [1.165, 1.54) is 21.3 Å². The molecule has 0 spiro atoms. The van der Waals surface area contributed by atoms with Crippen LogP contribution in [0, 0.1) is 20.2 Å². The highest BCUT2D eigenvalue weighted by molar-refractivity contribution is 7.89. The first-order chi connectivity index (χ1) is 28.1. The largest absolute Gasteiger partial charge is 0.422 e.